The maximum Gasteiger partial charge on any atom is 0.291 e. The Bertz CT molecular complexity index is 748. The predicted octanol–water partition coefficient (Wildman–Crippen LogP) is 0.00960. The minimum absolute atomic E-state index is 0.0682. The molecule has 1 atom stereocenters. The molecule has 3 aliphatic rings. The summed E-state index contributed by atoms with van der Waals surface area (Å²) in [5.74, 6) is 1.41. The van der Waals surface area contributed by atoms with E-state index >= 15 is 0 Å². The number of nitrogens with zero attached hydrogens (tertiary/aromatic N) is 6. The summed E-state index contributed by atoms with van der Waals surface area (Å²) in [5, 5.41) is 8.48. The zero-order valence-electron chi connectivity index (χ0n) is 16.9. The van der Waals surface area contributed by atoms with Crippen LogP contribution in [0.5, 0.6) is 0 Å². The number of rotatable bonds is 3. The van der Waals surface area contributed by atoms with Crippen LogP contribution < -0.4 is 0 Å². The number of aromatic nitrogens is 3. The average molecular weight is 390 g/mol. The number of ether oxygens (including phenoxy) is 1. The average Bonchev–Trinajstić information content (AvgIpc) is 3.18. The summed E-state index contributed by atoms with van der Waals surface area (Å²) in [6.45, 7) is 3.96. The van der Waals surface area contributed by atoms with Gasteiger partial charge >= 0.3 is 0 Å². The monoisotopic (exact) mass is 390 g/mol. The zero-order valence-corrected chi connectivity index (χ0v) is 16.9. The molecule has 9 nitrogen and oxygen atoms in total. The number of likely N-dealkylation sites (N-methyl/N-ethyl adjacent to an activating group) is 1. The van der Waals surface area contributed by atoms with Crippen molar-refractivity contribution in [1.29, 1.82) is 0 Å². The molecule has 0 radical (unpaired) electrons. The van der Waals surface area contributed by atoms with Gasteiger partial charge in [-0.25, -0.2) is 0 Å². The lowest BCUT2D eigenvalue weighted by atomic mass is 10.0. The molecule has 0 aliphatic carbocycles. The van der Waals surface area contributed by atoms with E-state index in [1.165, 1.54) is 0 Å². The Morgan fingerprint density at radius 2 is 1.89 bits per heavy atom. The Morgan fingerprint density at radius 1 is 1.07 bits per heavy atom. The molecule has 1 unspecified atom stereocenters. The molecule has 0 aromatic carbocycles. The van der Waals surface area contributed by atoms with Gasteiger partial charge in [-0.15, -0.1) is 10.2 Å². The van der Waals surface area contributed by atoms with E-state index in [1.807, 2.05) is 33.4 Å². The van der Waals surface area contributed by atoms with Gasteiger partial charge in [0.15, 0.2) is 0 Å². The van der Waals surface area contributed by atoms with Gasteiger partial charge in [-0.1, -0.05) is 6.42 Å². The number of likely N-dealkylation sites (tertiary alicyclic amines) is 1. The van der Waals surface area contributed by atoms with Crippen LogP contribution in [-0.2, 0) is 22.5 Å². The summed E-state index contributed by atoms with van der Waals surface area (Å²) in [4.78, 5) is 31.2. The molecule has 154 valence electrons. The Morgan fingerprint density at radius 3 is 2.71 bits per heavy atom. The second-order valence-corrected chi connectivity index (χ2v) is 8.46. The Kier molecular flexibility index (Phi) is 5.37. The van der Waals surface area contributed by atoms with Gasteiger partial charge in [-0.3, -0.25) is 9.59 Å². The van der Waals surface area contributed by atoms with Crippen molar-refractivity contribution < 1.29 is 14.3 Å². The number of hydrogen-bond donors (Lipinski definition) is 0. The van der Waals surface area contributed by atoms with Crippen LogP contribution >= 0.6 is 0 Å². The van der Waals surface area contributed by atoms with E-state index in [2.05, 4.69) is 10.2 Å². The van der Waals surface area contributed by atoms with Crippen molar-refractivity contribution in [2.45, 2.75) is 44.2 Å². The molecule has 2 saturated heterocycles. The lowest BCUT2D eigenvalue weighted by Crippen LogP contribution is -2.55. The van der Waals surface area contributed by atoms with Crippen LogP contribution in [-0.4, -0.2) is 100 Å². The Hall–Kier alpha value is -2.00. The van der Waals surface area contributed by atoms with E-state index in [4.69, 9.17) is 4.74 Å². The number of carbonyl (C=O) groups excluding carboxylic acids is 2. The molecule has 1 aromatic heterocycles. The fourth-order valence-corrected chi connectivity index (χ4v) is 4.48. The third-order valence-electron chi connectivity index (χ3n) is 5.96. The highest BCUT2D eigenvalue weighted by Crippen LogP contribution is 2.30. The number of amides is 2. The number of aryl methyl sites for hydroxylation is 1. The Labute approximate surface area is 165 Å². The molecule has 0 saturated carbocycles. The summed E-state index contributed by atoms with van der Waals surface area (Å²) in [7, 11) is 3.78. The molecule has 3 aliphatic heterocycles. The largest absolute Gasteiger partial charge is 0.369 e. The predicted molar refractivity (Wildman–Crippen MR) is 102 cm³/mol. The molecule has 0 N–H and O–H groups in total. The van der Waals surface area contributed by atoms with E-state index in [-0.39, 0.29) is 11.8 Å². The maximum atomic E-state index is 13.2. The molecule has 4 heterocycles. The molecule has 2 fully saturated rings. The van der Waals surface area contributed by atoms with E-state index in [9.17, 15) is 9.59 Å². The van der Waals surface area contributed by atoms with E-state index in [0.717, 1.165) is 44.5 Å². The highest BCUT2D eigenvalue weighted by Gasteiger charge is 2.45. The first-order chi connectivity index (χ1) is 13.5. The fourth-order valence-electron chi connectivity index (χ4n) is 4.48. The first-order valence-electron chi connectivity index (χ1n) is 10.3. The second kappa shape index (κ2) is 7.79. The highest BCUT2D eigenvalue weighted by atomic mass is 16.5. The summed E-state index contributed by atoms with van der Waals surface area (Å²) in [6.07, 6.45) is 4.96. The standard InChI is InChI=1S/C19H30N6O3/c1-22(2)12-16(26)23-9-7-19(13-23)14-24(10-11-28-19)18(27)17-21-20-15-6-4-3-5-8-25(15)17/h3-14H2,1-2H3. The van der Waals surface area contributed by atoms with Crippen LogP contribution in [0.4, 0.5) is 0 Å². The fraction of sp³-hybridized carbons (Fsp3) is 0.789. The SMILES string of the molecule is CN(C)CC(=O)N1CCC2(C1)CN(C(=O)c1nnc3n1CCCCC3)CCO2. The highest BCUT2D eigenvalue weighted by molar-refractivity contribution is 5.91. The summed E-state index contributed by atoms with van der Waals surface area (Å²) in [6, 6.07) is 0. The van der Waals surface area contributed by atoms with Gasteiger partial charge in [0.25, 0.3) is 5.91 Å². The number of fused-ring (bicyclic) bond motifs is 1. The minimum atomic E-state index is -0.461. The first-order valence-corrected chi connectivity index (χ1v) is 10.3. The number of carbonyl (C=O) groups is 2. The van der Waals surface area contributed by atoms with Crippen LogP contribution in [0.25, 0.3) is 0 Å². The van der Waals surface area contributed by atoms with Crippen molar-refractivity contribution in [3.63, 3.8) is 0 Å². The zero-order chi connectivity index (χ0) is 19.7. The van der Waals surface area contributed by atoms with Crippen LogP contribution in [0.3, 0.4) is 0 Å². The number of morpholine rings is 1. The minimum Gasteiger partial charge on any atom is -0.369 e. The summed E-state index contributed by atoms with van der Waals surface area (Å²) >= 11 is 0. The van der Waals surface area contributed by atoms with Gasteiger partial charge in [-0.2, -0.15) is 0 Å². The van der Waals surface area contributed by atoms with Crippen molar-refractivity contribution in [1.82, 2.24) is 29.5 Å². The third kappa shape index (κ3) is 3.77. The smallest absolute Gasteiger partial charge is 0.291 e. The first kappa shape index (κ1) is 19.3. The second-order valence-electron chi connectivity index (χ2n) is 8.46. The van der Waals surface area contributed by atoms with Crippen molar-refractivity contribution in [3.8, 4) is 0 Å². The van der Waals surface area contributed by atoms with Crippen molar-refractivity contribution >= 4 is 11.8 Å². The van der Waals surface area contributed by atoms with Crippen molar-refractivity contribution in [2.75, 3.05) is 53.4 Å². The third-order valence-corrected chi connectivity index (χ3v) is 5.96. The lowest BCUT2D eigenvalue weighted by Gasteiger charge is -2.40. The molecule has 0 bridgehead atoms. The molecule has 4 rings (SSSR count). The lowest BCUT2D eigenvalue weighted by molar-refractivity contribution is -0.134. The topological polar surface area (TPSA) is 83.8 Å². The molecule has 28 heavy (non-hydrogen) atoms. The van der Waals surface area contributed by atoms with E-state index < -0.39 is 5.60 Å². The molecule has 1 aromatic rings. The Balaban J connectivity index is 1.45. The molecule has 1 spiro atoms. The molecular weight excluding hydrogens is 360 g/mol. The van der Waals surface area contributed by atoms with E-state index in [0.29, 0.717) is 45.2 Å². The van der Waals surface area contributed by atoms with Crippen LogP contribution in [0.15, 0.2) is 0 Å². The quantitative estimate of drug-likeness (QED) is 0.723. The molecule has 2 amide bonds. The van der Waals surface area contributed by atoms with Crippen LogP contribution in [0.1, 0.15) is 42.1 Å². The van der Waals surface area contributed by atoms with Gasteiger partial charge in [0.05, 0.1) is 26.2 Å². The summed E-state index contributed by atoms with van der Waals surface area (Å²) in [5.41, 5.74) is -0.461. The number of hydrogen-bond acceptors (Lipinski definition) is 6. The normalized spacial score (nSPS) is 25.2. The summed E-state index contributed by atoms with van der Waals surface area (Å²) < 4.78 is 8.10. The van der Waals surface area contributed by atoms with Gasteiger partial charge in [-0.05, 0) is 33.4 Å². The molecular formula is C19H30N6O3. The maximum absolute atomic E-state index is 13.2. The van der Waals surface area contributed by atoms with Crippen molar-refractivity contribution in [2.24, 2.45) is 0 Å². The van der Waals surface area contributed by atoms with Gasteiger partial charge in [0.1, 0.15) is 11.4 Å². The molecule has 9 heteroatoms. The van der Waals surface area contributed by atoms with Crippen LogP contribution in [0.2, 0.25) is 0 Å². The van der Waals surface area contributed by atoms with Crippen LogP contribution in [0, 0.1) is 0 Å². The van der Waals surface area contributed by atoms with Crippen molar-refractivity contribution in [3.05, 3.63) is 11.6 Å². The van der Waals surface area contributed by atoms with Gasteiger partial charge in [0.2, 0.25) is 11.7 Å². The van der Waals surface area contributed by atoms with Gasteiger partial charge in [0, 0.05) is 26.1 Å². The van der Waals surface area contributed by atoms with E-state index in [1.54, 1.807) is 0 Å². The van der Waals surface area contributed by atoms with Gasteiger partial charge < -0.3 is 24.0 Å².